The number of ether oxygens (including phenoxy) is 1. The molecule has 2 fully saturated rings. The molecule has 1 N–H and O–H groups in total. The summed E-state index contributed by atoms with van der Waals surface area (Å²) in [6.07, 6.45) is 4.90. The van der Waals surface area contributed by atoms with E-state index in [-0.39, 0.29) is 23.8 Å². The molecular weight excluding hydrogens is 244 g/mol. The third kappa shape index (κ3) is 3.69. The first kappa shape index (κ1) is 14.3. The molecular formula is C14H24N2O3. The van der Waals surface area contributed by atoms with Crippen molar-refractivity contribution < 1.29 is 14.3 Å². The molecule has 1 unspecified atom stereocenters. The molecule has 2 heterocycles. The van der Waals surface area contributed by atoms with Crippen LogP contribution in [0.25, 0.3) is 0 Å². The lowest BCUT2D eigenvalue weighted by Gasteiger charge is -2.35. The Morgan fingerprint density at radius 1 is 1.26 bits per heavy atom. The highest BCUT2D eigenvalue weighted by Gasteiger charge is 2.32. The van der Waals surface area contributed by atoms with Gasteiger partial charge >= 0.3 is 5.97 Å². The van der Waals surface area contributed by atoms with Gasteiger partial charge in [0.05, 0.1) is 18.6 Å². The number of esters is 1. The van der Waals surface area contributed by atoms with Gasteiger partial charge in [-0.3, -0.25) is 9.59 Å². The number of amides is 1. The normalized spacial score (nSPS) is 27.9. The maximum absolute atomic E-state index is 12.4. The van der Waals surface area contributed by atoms with E-state index in [1.165, 1.54) is 0 Å². The highest BCUT2D eigenvalue weighted by molar-refractivity contribution is 5.83. The summed E-state index contributed by atoms with van der Waals surface area (Å²) in [6, 6.07) is -0.0466. The first-order valence-corrected chi connectivity index (χ1v) is 7.41. The lowest BCUT2D eigenvalue weighted by atomic mass is 9.96. The Bertz CT molecular complexity index is 327. The third-order valence-electron chi connectivity index (χ3n) is 3.96. The number of hydrogen-bond donors (Lipinski definition) is 1. The van der Waals surface area contributed by atoms with Gasteiger partial charge in [-0.25, -0.2) is 0 Å². The number of nitrogens with one attached hydrogen (secondary N) is 1. The number of nitrogens with zero attached hydrogens (tertiary/aromatic N) is 1. The van der Waals surface area contributed by atoms with Gasteiger partial charge in [0, 0.05) is 13.1 Å². The number of hydrogen-bond acceptors (Lipinski definition) is 4. The van der Waals surface area contributed by atoms with Gasteiger partial charge < -0.3 is 15.0 Å². The summed E-state index contributed by atoms with van der Waals surface area (Å²) in [5.41, 5.74) is 0. The smallest absolute Gasteiger partial charge is 0.310 e. The number of carbonyl (C=O) groups is 2. The molecule has 108 valence electrons. The van der Waals surface area contributed by atoms with Crippen LogP contribution in [0.2, 0.25) is 0 Å². The van der Waals surface area contributed by atoms with Gasteiger partial charge in [-0.05, 0) is 39.2 Å². The Balaban J connectivity index is 1.89. The predicted octanol–water partition coefficient (Wildman–Crippen LogP) is 0.930. The fourth-order valence-corrected chi connectivity index (χ4v) is 2.91. The first-order valence-electron chi connectivity index (χ1n) is 7.41. The van der Waals surface area contributed by atoms with Crippen LogP contribution >= 0.6 is 0 Å². The summed E-state index contributed by atoms with van der Waals surface area (Å²) in [4.78, 5) is 26.0. The van der Waals surface area contributed by atoms with Crippen molar-refractivity contribution in [2.24, 2.45) is 5.92 Å². The Hall–Kier alpha value is -1.10. The summed E-state index contributed by atoms with van der Waals surface area (Å²) in [5, 5.41) is 3.28. The van der Waals surface area contributed by atoms with E-state index in [1.54, 1.807) is 0 Å². The van der Waals surface area contributed by atoms with E-state index in [9.17, 15) is 9.59 Å². The SMILES string of the molecule is CCOC(=O)C1CCCN(C(=O)[C@H]2CCCCN2)C1. The van der Waals surface area contributed by atoms with Crippen LogP contribution in [0.1, 0.15) is 39.0 Å². The maximum atomic E-state index is 12.4. The molecule has 2 rings (SSSR count). The second kappa shape index (κ2) is 6.89. The molecule has 0 aromatic rings. The lowest BCUT2D eigenvalue weighted by Crippen LogP contribution is -2.52. The molecule has 0 bridgehead atoms. The molecule has 2 saturated heterocycles. The van der Waals surface area contributed by atoms with Crippen LogP contribution in [0.15, 0.2) is 0 Å². The summed E-state index contributed by atoms with van der Waals surface area (Å²) < 4.78 is 5.06. The summed E-state index contributed by atoms with van der Waals surface area (Å²) >= 11 is 0. The van der Waals surface area contributed by atoms with E-state index in [2.05, 4.69) is 5.32 Å². The Labute approximate surface area is 114 Å². The molecule has 1 amide bonds. The minimum Gasteiger partial charge on any atom is -0.466 e. The van der Waals surface area contributed by atoms with E-state index in [1.807, 2.05) is 11.8 Å². The van der Waals surface area contributed by atoms with Crippen molar-refractivity contribution in [1.82, 2.24) is 10.2 Å². The number of piperidine rings is 2. The monoisotopic (exact) mass is 268 g/mol. The fraction of sp³-hybridized carbons (Fsp3) is 0.857. The minimum atomic E-state index is -0.156. The average Bonchev–Trinajstić information content (AvgIpc) is 2.48. The molecule has 0 aliphatic carbocycles. The number of likely N-dealkylation sites (tertiary alicyclic amines) is 1. The topological polar surface area (TPSA) is 58.6 Å². The van der Waals surface area contributed by atoms with Crippen molar-refractivity contribution in [2.45, 2.75) is 45.1 Å². The van der Waals surface area contributed by atoms with Crippen LogP contribution in [0.4, 0.5) is 0 Å². The molecule has 0 saturated carbocycles. The van der Waals surface area contributed by atoms with E-state index in [0.29, 0.717) is 13.2 Å². The van der Waals surface area contributed by atoms with Crippen molar-refractivity contribution in [3.63, 3.8) is 0 Å². The van der Waals surface area contributed by atoms with Crippen LogP contribution in [-0.4, -0.2) is 49.1 Å². The zero-order valence-electron chi connectivity index (χ0n) is 11.7. The van der Waals surface area contributed by atoms with Crippen LogP contribution in [-0.2, 0) is 14.3 Å². The number of carbonyl (C=O) groups excluding carboxylic acids is 2. The maximum Gasteiger partial charge on any atom is 0.310 e. The summed E-state index contributed by atoms with van der Waals surface area (Å²) in [5.74, 6) is -0.133. The third-order valence-corrected chi connectivity index (χ3v) is 3.96. The summed E-state index contributed by atoms with van der Waals surface area (Å²) in [6.45, 7) is 4.44. The van der Waals surface area contributed by atoms with Crippen molar-refractivity contribution >= 4 is 11.9 Å². The molecule has 19 heavy (non-hydrogen) atoms. The zero-order chi connectivity index (χ0) is 13.7. The van der Waals surface area contributed by atoms with E-state index in [0.717, 1.165) is 45.2 Å². The quantitative estimate of drug-likeness (QED) is 0.774. The molecule has 0 radical (unpaired) electrons. The van der Waals surface area contributed by atoms with E-state index < -0.39 is 0 Å². The molecule has 2 atom stereocenters. The molecule has 2 aliphatic heterocycles. The Morgan fingerprint density at radius 2 is 2.11 bits per heavy atom. The minimum absolute atomic E-state index is 0.0466. The van der Waals surface area contributed by atoms with Crippen LogP contribution in [0.5, 0.6) is 0 Å². The van der Waals surface area contributed by atoms with Crippen molar-refractivity contribution in [3.8, 4) is 0 Å². The molecule has 2 aliphatic rings. The standard InChI is InChI=1S/C14H24N2O3/c1-2-19-14(18)11-6-5-9-16(10-11)13(17)12-7-3-4-8-15-12/h11-12,15H,2-10H2,1H3/t11?,12-/m1/s1. The van der Waals surface area contributed by atoms with Gasteiger partial charge in [0.2, 0.25) is 5.91 Å². The second-order valence-electron chi connectivity index (χ2n) is 5.38. The van der Waals surface area contributed by atoms with Gasteiger partial charge in [-0.2, -0.15) is 0 Å². The fourth-order valence-electron chi connectivity index (χ4n) is 2.91. The molecule has 0 spiro atoms. The highest BCUT2D eigenvalue weighted by Crippen LogP contribution is 2.20. The Kier molecular flexibility index (Phi) is 5.19. The predicted molar refractivity (Wildman–Crippen MR) is 71.6 cm³/mol. The van der Waals surface area contributed by atoms with Crippen molar-refractivity contribution in [3.05, 3.63) is 0 Å². The van der Waals surface area contributed by atoms with Gasteiger partial charge in [0.15, 0.2) is 0 Å². The van der Waals surface area contributed by atoms with Crippen LogP contribution in [0, 0.1) is 5.92 Å². The van der Waals surface area contributed by atoms with Gasteiger partial charge in [-0.1, -0.05) is 6.42 Å². The molecule has 0 aromatic heterocycles. The van der Waals surface area contributed by atoms with Gasteiger partial charge in [0.1, 0.15) is 0 Å². The van der Waals surface area contributed by atoms with Crippen molar-refractivity contribution in [1.29, 1.82) is 0 Å². The summed E-state index contributed by atoms with van der Waals surface area (Å²) in [7, 11) is 0. The van der Waals surface area contributed by atoms with E-state index in [4.69, 9.17) is 4.74 Å². The lowest BCUT2D eigenvalue weighted by molar-refractivity contribution is -0.151. The average molecular weight is 268 g/mol. The van der Waals surface area contributed by atoms with Crippen LogP contribution in [0.3, 0.4) is 0 Å². The second-order valence-corrected chi connectivity index (χ2v) is 5.38. The zero-order valence-corrected chi connectivity index (χ0v) is 11.7. The van der Waals surface area contributed by atoms with Gasteiger partial charge in [0.25, 0.3) is 0 Å². The van der Waals surface area contributed by atoms with E-state index >= 15 is 0 Å². The number of rotatable bonds is 3. The van der Waals surface area contributed by atoms with Crippen LogP contribution < -0.4 is 5.32 Å². The van der Waals surface area contributed by atoms with Gasteiger partial charge in [-0.15, -0.1) is 0 Å². The largest absolute Gasteiger partial charge is 0.466 e. The molecule has 5 nitrogen and oxygen atoms in total. The molecule has 5 heteroatoms. The first-order chi connectivity index (χ1) is 9.22. The molecule has 0 aromatic carbocycles. The van der Waals surface area contributed by atoms with Crippen molar-refractivity contribution in [2.75, 3.05) is 26.2 Å². The Morgan fingerprint density at radius 3 is 2.79 bits per heavy atom. The highest BCUT2D eigenvalue weighted by atomic mass is 16.5.